The van der Waals surface area contributed by atoms with Crippen LogP contribution in [-0.4, -0.2) is 22.8 Å². The van der Waals surface area contributed by atoms with Crippen molar-refractivity contribution in [2.75, 3.05) is 6.61 Å². The number of aryl methyl sites for hydroxylation is 1. The molecule has 20 heavy (non-hydrogen) atoms. The number of rotatable bonds is 9. The Balaban J connectivity index is 2.64. The Hall–Kier alpha value is -1.78. The number of hydrogen-bond acceptors (Lipinski definition) is 3. The summed E-state index contributed by atoms with van der Waals surface area (Å²) < 4.78 is 7.43. The van der Waals surface area contributed by atoms with Gasteiger partial charge in [-0.1, -0.05) is 26.2 Å². The van der Waals surface area contributed by atoms with Crippen molar-refractivity contribution in [3.8, 4) is 11.5 Å². The lowest BCUT2D eigenvalue weighted by molar-refractivity contribution is -0.702. The fourth-order valence-corrected chi connectivity index (χ4v) is 2.00. The van der Waals surface area contributed by atoms with E-state index >= 15 is 0 Å². The number of carboxylic acid groups (broad SMARTS) is 1. The van der Waals surface area contributed by atoms with E-state index in [9.17, 15) is 9.90 Å². The van der Waals surface area contributed by atoms with Crippen LogP contribution in [0.1, 0.15) is 44.7 Å². The van der Waals surface area contributed by atoms with Crippen LogP contribution in [-0.2, 0) is 11.3 Å². The maximum absolute atomic E-state index is 10.6. The van der Waals surface area contributed by atoms with Crippen LogP contribution in [0.3, 0.4) is 0 Å². The number of carbonyl (C=O) groups is 1. The average Bonchev–Trinajstić information content (AvgIpc) is 2.40. The van der Waals surface area contributed by atoms with E-state index in [0.717, 1.165) is 18.5 Å². The molecule has 1 aromatic heterocycles. The Kier molecular flexibility index (Phi) is 6.84. The summed E-state index contributed by atoms with van der Waals surface area (Å²) >= 11 is 0. The first-order valence-electron chi connectivity index (χ1n) is 7.12. The molecule has 0 atom stereocenters. The molecule has 1 rings (SSSR count). The summed E-state index contributed by atoms with van der Waals surface area (Å²) in [6.45, 7) is 4.91. The normalized spacial score (nSPS) is 10.5. The number of aromatic nitrogens is 1. The minimum absolute atomic E-state index is 0.0478. The van der Waals surface area contributed by atoms with Crippen molar-refractivity contribution < 1.29 is 24.3 Å². The minimum Gasteiger partial charge on any atom is -0.504 e. The van der Waals surface area contributed by atoms with Crippen molar-refractivity contribution in [3.05, 3.63) is 18.0 Å². The van der Waals surface area contributed by atoms with Crippen molar-refractivity contribution in [2.45, 2.75) is 52.5 Å². The molecular weight excluding hydrogens is 258 g/mol. The minimum atomic E-state index is -0.841. The molecule has 0 unspecified atom stereocenters. The van der Waals surface area contributed by atoms with Gasteiger partial charge in [-0.2, -0.15) is 4.57 Å². The molecule has 5 heteroatoms. The molecule has 2 N–H and O–H groups in total. The van der Waals surface area contributed by atoms with Gasteiger partial charge in [0.2, 0.25) is 11.4 Å². The second-order valence-corrected chi connectivity index (χ2v) is 4.86. The highest BCUT2D eigenvalue weighted by molar-refractivity contribution is 5.66. The van der Waals surface area contributed by atoms with Gasteiger partial charge in [0, 0.05) is 13.0 Å². The van der Waals surface area contributed by atoms with Gasteiger partial charge in [0.05, 0.1) is 6.61 Å². The lowest BCUT2D eigenvalue weighted by Gasteiger charge is -2.10. The van der Waals surface area contributed by atoms with E-state index in [2.05, 4.69) is 6.92 Å². The highest BCUT2D eigenvalue weighted by Crippen LogP contribution is 2.27. The smallest absolute Gasteiger partial charge is 0.309 e. The number of nitrogens with zero attached hydrogens (tertiary/aromatic N) is 1. The Labute approximate surface area is 119 Å². The molecule has 0 aliphatic rings. The van der Waals surface area contributed by atoms with Crippen LogP contribution < -0.4 is 9.30 Å². The quantitative estimate of drug-likeness (QED) is 0.539. The predicted molar refractivity (Wildman–Crippen MR) is 74.9 cm³/mol. The average molecular weight is 282 g/mol. The van der Waals surface area contributed by atoms with Crippen LogP contribution in [0.25, 0.3) is 0 Å². The van der Waals surface area contributed by atoms with Crippen molar-refractivity contribution in [3.63, 3.8) is 0 Å². The van der Waals surface area contributed by atoms with Gasteiger partial charge >= 0.3 is 5.97 Å². The van der Waals surface area contributed by atoms with Crippen molar-refractivity contribution in [1.82, 2.24) is 0 Å². The Bertz CT molecular complexity index is 446. The van der Waals surface area contributed by atoms with Crippen LogP contribution in [0.5, 0.6) is 11.5 Å². The summed E-state index contributed by atoms with van der Waals surface area (Å²) in [5.41, 5.74) is 0.752. The number of carboxylic acids is 1. The Morgan fingerprint density at radius 1 is 1.35 bits per heavy atom. The number of aliphatic carboxylic acids is 1. The summed E-state index contributed by atoms with van der Waals surface area (Å²) in [5.74, 6) is -0.286. The van der Waals surface area contributed by atoms with Gasteiger partial charge in [0.1, 0.15) is 6.42 Å². The lowest BCUT2D eigenvalue weighted by Crippen LogP contribution is -2.38. The van der Waals surface area contributed by atoms with E-state index in [4.69, 9.17) is 9.84 Å². The zero-order valence-corrected chi connectivity index (χ0v) is 12.3. The summed E-state index contributed by atoms with van der Waals surface area (Å²) in [4.78, 5) is 10.6. The monoisotopic (exact) mass is 282 g/mol. The van der Waals surface area contributed by atoms with Crippen LogP contribution in [0.15, 0.2) is 12.3 Å². The molecule has 112 valence electrons. The van der Waals surface area contributed by atoms with E-state index in [1.165, 1.54) is 18.9 Å². The fraction of sp³-hybridized carbons (Fsp3) is 0.600. The second kappa shape index (κ2) is 8.40. The second-order valence-electron chi connectivity index (χ2n) is 4.86. The van der Waals surface area contributed by atoms with Gasteiger partial charge in [-0.15, -0.1) is 0 Å². The largest absolute Gasteiger partial charge is 0.504 e. The zero-order valence-electron chi connectivity index (χ0n) is 12.3. The molecule has 0 aliphatic heterocycles. The highest BCUT2D eigenvalue weighted by Gasteiger charge is 2.18. The topological polar surface area (TPSA) is 70.6 Å². The van der Waals surface area contributed by atoms with Gasteiger partial charge in [-0.05, 0) is 6.42 Å². The van der Waals surface area contributed by atoms with Crippen LogP contribution in [0.2, 0.25) is 0 Å². The summed E-state index contributed by atoms with van der Waals surface area (Å²) in [7, 11) is 0. The van der Waals surface area contributed by atoms with Gasteiger partial charge in [-0.25, -0.2) is 0 Å². The van der Waals surface area contributed by atoms with E-state index in [1.54, 1.807) is 10.8 Å². The van der Waals surface area contributed by atoms with Crippen LogP contribution in [0, 0.1) is 6.92 Å². The third kappa shape index (κ3) is 5.07. The third-order valence-corrected chi connectivity index (χ3v) is 3.22. The molecule has 0 fully saturated rings. The van der Waals surface area contributed by atoms with E-state index in [-0.39, 0.29) is 12.2 Å². The standard InChI is InChI=1S/C15H23NO4/c1-3-4-5-6-11-20-15-12(2)16(9-7-13(15)17)10-8-14(18)19/h7,9H,3-6,8,10-11H2,1-2H3,(H,18,19)/p+1. The summed E-state index contributed by atoms with van der Waals surface area (Å²) in [6.07, 6.45) is 6.15. The molecule has 0 bridgehead atoms. The molecule has 0 amide bonds. The first-order valence-corrected chi connectivity index (χ1v) is 7.12. The molecule has 1 heterocycles. The zero-order chi connectivity index (χ0) is 15.0. The van der Waals surface area contributed by atoms with Crippen LogP contribution in [0.4, 0.5) is 0 Å². The first-order chi connectivity index (χ1) is 9.56. The fourth-order valence-electron chi connectivity index (χ4n) is 2.00. The lowest BCUT2D eigenvalue weighted by atomic mass is 10.2. The Morgan fingerprint density at radius 3 is 2.75 bits per heavy atom. The van der Waals surface area contributed by atoms with E-state index < -0.39 is 5.97 Å². The first kappa shape index (κ1) is 16.3. The predicted octanol–water partition coefficient (Wildman–Crippen LogP) is 2.42. The molecule has 0 spiro atoms. The molecule has 0 saturated carbocycles. The van der Waals surface area contributed by atoms with Crippen molar-refractivity contribution in [1.29, 1.82) is 0 Å². The van der Waals surface area contributed by atoms with Crippen LogP contribution >= 0.6 is 0 Å². The number of ether oxygens (including phenoxy) is 1. The van der Waals surface area contributed by atoms with Gasteiger partial charge < -0.3 is 14.9 Å². The SMILES string of the molecule is CCCCCCOc1c(O)cc[n+](CCC(=O)O)c1C. The molecular formula is C15H24NO4+. The number of pyridine rings is 1. The van der Waals surface area contributed by atoms with E-state index in [1.807, 2.05) is 6.92 Å². The number of aromatic hydroxyl groups is 1. The van der Waals surface area contributed by atoms with E-state index in [0.29, 0.717) is 18.9 Å². The molecule has 0 aliphatic carbocycles. The van der Waals surface area contributed by atoms with Gasteiger partial charge in [-0.3, -0.25) is 4.79 Å². The maximum Gasteiger partial charge on any atom is 0.309 e. The molecule has 1 aromatic rings. The number of unbranched alkanes of at least 4 members (excludes halogenated alkanes) is 3. The molecule has 0 aromatic carbocycles. The van der Waals surface area contributed by atoms with Gasteiger partial charge in [0.25, 0.3) is 0 Å². The van der Waals surface area contributed by atoms with Crippen molar-refractivity contribution >= 4 is 5.97 Å². The maximum atomic E-state index is 10.6. The molecule has 5 nitrogen and oxygen atoms in total. The highest BCUT2D eigenvalue weighted by atomic mass is 16.5. The molecule has 0 radical (unpaired) electrons. The van der Waals surface area contributed by atoms with Gasteiger partial charge in [0.15, 0.2) is 18.5 Å². The Morgan fingerprint density at radius 2 is 2.10 bits per heavy atom. The molecule has 0 saturated heterocycles. The van der Waals surface area contributed by atoms with Crippen molar-refractivity contribution in [2.24, 2.45) is 0 Å². The summed E-state index contributed by atoms with van der Waals surface area (Å²) in [6, 6.07) is 1.54. The summed E-state index contributed by atoms with van der Waals surface area (Å²) in [5, 5.41) is 18.6. The number of hydrogen-bond donors (Lipinski definition) is 2. The third-order valence-electron chi connectivity index (χ3n) is 3.22.